The van der Waals surface area contributed by atoms with Crippen LogP contribution in [0.5, 0.6) is 0 Å². The second-order valence-electron chi connectivity index (χ2n) is 5.05. The Hall–Kier alpha value is -2.69. The fourth-order valence-corrected chi connectivity index (χ4v) is 2.40. The van der Waals surface area contributed by atoms with Crippen molar-refractivity contribution in [1.82, 2.24) is 15.0 Å². The molecule has 0 fully saturated rings. The third-order valence-electron chi connectivity index (χ3n) is 3.28. The molecular formula is C16H17N5. The van der Waals surface area contributed by atoms with Crippen LogP contribution >= 0.6 is 0 Å². The van der Waals surface area contributed by atoms with E-state index in [9.17, 15) is 0 Å². The highest BCUT2D eigenvalue weighted by molar-refractivity contribution is 6.00. The number of H-pyrrole nitrogens is 1. The SMILES string of the molecule is Cc1cc(C)nc(N/N=C\c2c(C)[nH]c3ccccc23)n1. The van der Waals surface area contributed by atoms with Gasteiger partial charge in [0.1, 0.15) is 0 Å². The normalized spacial score (nSPS) is 11.4. The summed E-state index contributed by atoms with van der Waals surface area (Å²) in [5.41, 5.74) is 8.00. The molecule has 0 saturated carbocycles. The Kier molecular flexibility index (Phi) is 3.39. The Labute approximate surface area is 123 Å². The number of aromatic nitrogens is 3. The predicted octanol–water partition coefficient (Wildman–Crippen LogP) is 3.33. The zero-order chi connectivity index (χ0) is 14.8. The second-order valence-corrected chi connectivity index (χ2v) is 5.05. The van der Waals surface area contributed by atoms with Crippen molar-refractivity contribution < 1.29 is 0 Å². The quantitative estimate of drug-likeness (QED) is 0.571. The molecular weight excluding hydrogens is 262 g/mol. The average Bonchev–Trinajstić information content (AvgIpc) is 2.74. The van der Waals surface area contributed by atoms with Gasteiger partial charge in [-0.2, -0.15) is 5.10 Å². The van der Waals surface area contributed by atoms with Gasteiger partial charge in [-0.3, -0.25) is 0 Å². The Morgan fingerprint density at radius 2 is 1.81 bits per heavy atom. The van der Waals surface area contributed by atoms with Gasteiger partial charge in [0.2, 0.25) is 5.95 Å². The lowest BCUT2D eigenvalue weighted by atomic mass is 10.1. The maximum absolute atomic E-state index is 4.29. The van der Waals surface area contributed by atoms with Crippen LogP contribution in [0.2, 0.25) is 0 Å². The number of hydrogen-bond donors (Lipinski definition) is 2. The van der Waals surface area contributed by atoms with Gasteiger partial charge in [0.25, 0.3) is 0 Å². The molecule has 2 aromatic heterocycles. The molecule has 0 unspecified atom stereocenters. The van der Waals surface area contributed by atoms with Gasteiger partial charge in [-0.05, 0) is 32.9 Å². The van der Waals surface area contributed by atoms with Gasteiger partial charge in [-0.25, -0.2) is 15.4 Å². The maximum Gasteiger partial charge on any atom is 0.243 e. The van der Waals surface area contributed by atoms with E-state index < -0.39 is 0 Å². The number of fused-ring (bicyclic) bond motifs is 1. The van der Waals surface area contributed by atoms with Crippen LogP contribution in [0.3, 0.4) is 0 Å². The number of nitrogens with zero attached hydrogens (tertiary/aromatic N) is 3. The van der Waals surface area contributed by atoms with Crippen LogP contribution in [-0.4, -0.2) is 21.2 Å². The van der Waals surface area contributed by atoms with Crippen molar-refractivity contribution in [2.24, 2.45) is 5.10 Å². The summed E-state index contributed by atoms with van der Waals surface area (Å²) in [4.78, 5) is 11.9. The number of aromatic amines is 1. The number of nitrogens with one attached hydrogen (secondary N) is 2. The molecule has 0 saturated heterocycles. The van der Waals surface area contributed by atoms with Gasteiger partial charge >= 0.3 is 0 Å². The molecule has 2 heterocycles. The molecule has 0 spiro atoms. The summed E-state index contributed by atoms with van der Waals surface area (Å²) in [6, 6.07) is 10.1. The van der Waals surface area contributed by atoms with Crippen molar-refractivity contribution in [3.05, 3.63) is 53.0 Å². The zero-order valence-electron chi connectivity index (χ0n) is 12.3. The molecule has 0 aliphatic rings. The number of hydrazone groups is 1. The Morgan fingerprint density at radius 1 is 1.10 bits per heavy atom. The van der Waals surface area contributed by atoms with Gasteiger partial charge in [0.05, 0.1) is 6.21 Å². The van der Waals surface area contributed by atoms with E-state index in [0.29, 0.717) is 5.95 Å². The molecule has 3 aromatic rings. The van der Waals surface area contributed by atoms with E-state index in [4.69, 9.17) is 0 Å². The van der Waals surface area contributed by atoms with Crippen molar-refractivity contribution in [2.75, 3.05) is 5.43 Å². The lowest BCUT2D eigenvalue weighted by molar-refractivity contribution is 1.04. The van der Waals surface area contributed by atoms with E-state index in [1.807, 2.05) is 39.0 Å². The van der Waals surface area contributed by atoms with Crippen molar-refractivity contribution in [1.29, 1.82) is 0 Å². The minimum Gasteiger partial charge on any atom is -0.358 e. The third-order valence-corrected chi connectivity index (χ3v) is 3.28. The lowest BCUT2D eigenvalue weighted by Gasteiger charge is -2.01. The Bertz CT molecular complexity index is 796. The van der Waals surface area contributed by atoms with Gasteiger partial charge < -0.3 is 4.98 Å². The van der Waals surface area contributed by atoms with Gasteiger partial charge in [-0.15, -0.1) is 0 Å². The highest BCUT2D eigenvalue weighted by Gasteiger charge is 2.05. The van der Waals surface area contributed by atoms with E-state index >= 15 is 0 Å². The summed E-state index contributed by atoms with van der Waals surface area (Å²) >= 11 is 0. The first-order valence-corrected chi connectivity index (χ1v) is 6.82. The average molecular weight is 279 g/mol. The van der Waals surface area contributed by atoms with Crippen LogP contribution in [-0.2, 0) is 0 Å². The number of rotatable bonds is 3. The summed E-state index contributed by atoms with van der Waals surface area (Å²) in [5, 5.41) is 5.41. The number of para-hydroxylation sites is 1. The molecule has 3 rings (SSSR count). The van der Waals surface area contributed by atoms with Crippen LogP contribution in [0.25, 0.3) is 10.9 Å². The van der Waals surface area contributed by atoms with Crippen LogP contribution in [0.4, 0.5) is 5.95 Å². The molecule has 0 amide bonds. The molecule has 2 N–H and O–H groups in total. The van der Waals surface area contributed by atoms with Gasteiger partial charge in [-0.1, -0.05) is 18.2 Å². The Balaban J connectivity index is 1.86. The summed E-state index contributed by atoms with van der Waals surface area (Å²) in [5.74, 6) is 0.515. The molecule has 0 bridgehead atoms. The Morgan fingerprint density at radius 3 is 2.57 bits per heavy atom. The molecule has 0 aliphatic heterocycles. The van der Waals surface area contributed by atoms with Gasteiger partial charge in [0, 0.05) is 33.5 Å². The second kappa shape index (κ2) is 5.36. The molecule has 0 radical (unpaired) electrons. The summed E-state index contributed by atoms with van der Waals surface area (Å²) in [7, 11) is 0. The smallest absolute Gasteiger partial charge is 0.243 e. The summed E-state index contributed by atoms with van der Waals surface area (Å²) < 4.78 is 0. The molecule has 0 aliphatic carbocycles. The van der Waals surface area contributed by atoms with Gasteiger partial charge in [0.15, 0.2) is 0 Å². The molecule has 5 nitrogen and oxygen atoms in total. The first-order chi connectivity index (χ1) is 10.1. The van der Waals surface area contributed by atoms with Crippen LogP contribution in [0.15, 0.2) is 35.4 Å². The van der Waals surface area contributed by atoms with Crippen molar-refractivity contribution in [3.63, 3.8) is 0 Å². The van der Waals surface area contributed by atoms with E-state index in [1.54, 1.807) is 6.21 Å². The van der Waals surface area contributed by atoms with Crippen molar-refractivity contribution in [2.45, 2.75) is 20.8 Å². The number of hydrogen-bond acceptors (Lipinski definition) is 4. The number of aryl methyl sites for hydroxylation is 3. The van der Waals surface area contributed by atoms with Crippen molar-refractivity contribution in [3.8, 4) is 0 Å². The monoisotopic (exact) mass is 279 g/mol. The summed E-state index contributed by atoms with van der Waals surface area (Å²) in [6.45, 7) is 5.91. The fourth-order valence-electron chi connectivity index (χ4n) is 2.40. The van der Waals surface area contributed by atoms with Crippen LogP contribution in [0, 0.1) is 20.8 Å². The highest BCUT2D eigenvalue weighted by Crippen LogP contribution is 2.19. The highest BCUT2D eigenvalue weighted by atomic mass is 15.3. The summed E-state index contributed by atoms with van der Waals surface area (Å²) in [6.07, 6.45) is 1.80. The first kappa shape index (κ1) is 13.3. The third kappa shape index (κ3) is 2.76. The molecule has 1 aromatic carbocycles. The first-order valence-electron chi connectivity index (χ1n) is 6.82. The lowest BCUT2D eigenvalue weighted by Crippen LogP contribution is -1.99. The maximum atomic E-state index is 4.29. The van der Waals surface area contributed by atoms with E-state index in [0.717, 1.165) is 33.5 Å². The fraction of sp³-hybridized carbons (Fsp3) is 0.188. The van der Waals surface area contributed by atoms with E-state index in [1.165, 1.54) is 0 Å². The topological polar surface area (TPSA) is 66.0 Å². The van der Waals surface area contributed by atoms with Crippen LogP contribution in [0.1, 0.15) is 22.6 Å². The zero-order valence-corrected chi connectivity index (χ0v) is 12.3. The van der Waals surface area contributed by atoms with E-state index in [2.05, 4.69) is 37.6 Å². The van der Waals surface area contributed by atoms with E-state index in [-0.39, 0.29) is 0 Å². The molecule has 0 atom stereocenters. The number of anilines is 1. The molecule has 5 heteroatoms. The minimum absolute atomic E-state index is 0.515. The standard InChI is InChI=1S/C16H17N5/c1-10-8-11(2)19-16(18-10)21-17-9-14-12(3)20-15-7-5-4-6-13(14)15/h4-9,20H,1-3H3,(H,18,19,21)/b17-9-. The molecule has 21 heavy (non-hydrogen) atoms. The largest absolute Gasteiger partial charge is 0.358 e. The van der Waals surface area contributed by atoms with Crippen LogP contribution < -0.4 is 5.43 Å². The van der Waals surface area contributed by atoms with Crippen molar-refractivity contribution >= 4 is 23.1 Å². The minimum atomic E-state index is 0.515. The predicted molar refractivity (Wildman–Crippen MR) is 85.8 cm³/mol. The molecule has 106 valence electrons. The number of benzene rings is 1.